The smallest absolute Gasteiger partial charge is 0.323 e. The Balaban J connectivity index is 1.85. The summed E-state index contributed by atoms with van der Waals surface area (Å²) in [6.45, 7) is 7.69. The van der Waals surface area contributed by atoms with E-state index < -0.39 is 0 Å². The first kappa shape index (κ1) is 14.1. The molecule has 1 aromatic rings. The van der Waals surface area contributed by atoms with Gasteiger partial charge in [0.15, 0.2) is 0 Å². The Kier molecular flexibility index (Phi) is 4.25. The molecule has 0 saturated carbocycles. The number of carbonyl (C=O) groups is 1. The Morgan fingerprint density at radius 2 is 2.00 bits per heavy atom. The van der Waals surface area contributed by atoms with E-state index in [4.69, 9.17) is 4.74 Å². The van der Waals surface area contributed by atoms with Gasteiger partial charge in [0.1, 0.15) is 6.04 Å². The summed E-state index contributed by atoms with van der Waals surface area (Å²) in [5.41, 5.74) is 2.73. The van der Waals surface area contributed by atoms with Crippen molar-refractivity contribution in [3.63, 3.8) is 0 Å². The van der Waals surface area contributed by atoms with Gasteiger partial charge in [0.05, 0.1) is 6.61 Å². The summed E-state index contributed by atoms with van der Waals surface area (Å²) in [5, 5.41) is 3.25. The van der Waals surface area contributed by atoms with Gasteiger partial charge in [0, 0.05) is 6.54 Å². The van der Waals surface area contributed by atoms with Crippen molar-refractivity contribution in [2.24, 2.45) is 5.41 Å². The molecule has 0 saturated heterocycles. The minimum absolute atomic E-state index is 0.126. The van der Waals surface area contributed by atoms with E-state index in [9.17, 15) is 4.79 Å². The highest BCUT2D eigenvalue weighted by Gasteiger charge is 2.25. The number of carbonyl (C=O) groups excluding carboxylic acids is 1. The molecule has 0 bridgehead atoms. The van der Waals surface area contributed by atoms with E-state index in [2.05, 4.69) is 38.2 Å². The summed E-state index contributed by atoms with van der Waals surface area (Å²) in [5.74, 6) is -0.126. The van der Waals surface area contributed by atoms with Crippen LogP contribution >= 0.6 is 0 Å². The average molecular weight is 261 g/mol. The highest BCUT2D eigenvalue weighted by Crippen LogP contribution is 2.19. The molecule has 3 nitrogen and oxygen atoms in total. The third-order valence-electron chi connectivity index (χ3n) is 3.46. The van der Waals surface area contributed by atoms with Crippen LogP contribution < -0.4 is 5.32 Å². The molecule has 1 heterocycles. The first-order chi connectivity index (χ1) is 8.96. The van der Waals surface area contributed by atoms with Crippen molar-refractivity contribution in [2.45, 2.75) is 46.2 Å². The van der Waals surface area contributed by atoms with Gasteiger partial charge in [-0.15, -0.1) is 0 Å². The van der Waals surface area contributed by atoms with Crippen molar-refractivity contribution in [2.75, 3.05) is 6.61 Å². The van der Waals surface area contributed by atoms with Crippen LogP contribution in [-0.2, 0) is 22.5 Å². The van der Waals surface area contributed by atoms with Gasteiger partial charge < -0.3 is 10.1 Å². The third-order valence-corrected chi connectivity index (χ3v) is 3.46. The van der Waals surface area contributed by atoms with Crippen LogP contribution in [0.4, 0.5) is 0 Å². The maximum Gasteiger partial charge on any atom is 0.323 e. The summed E-state index contributed by atoms with van der Waals surface area (Å²) >= 11 is 0. The molecule has 0 aromatic heterocycles. The molecule has 2 rings (SSSR count). The second-order valence-electron chi connectivity index (χ2n) is 6.38. The third kappa shape index (κ3) is 4.06. The molecule has 1 atom stereocenters. The highest BCUT2D eigenvalue weighted by atomic mass is 16.5. The van der Waals surface area contributed by atoms with Crippen LogP contribution in [0.2, 0.25) is 0 Å². The Morgan fingerprint density at radius 3 is 2.68 bits per heavy atom. The molecule has 1 aliphatic rings. The largest absolute Gasteiger partial charge is 0.464 e. The van der Waals surface area contributed by atoms with Gasteiger partial charge in [0.25, 0.3) is 0 Å². The van der Waals surface area contributed by atoms with E-state index in [0.717, 1.165) is 19.4 Å². The monoisotopic (exact) mass is 261 g/mol. The lowest BCUT2D eigenvalue weighted by molar-refractivity contribution is -0.147. The van der Waals surface area contributed by atoms with E-state index in [1.807, 2.05) is 12.1 Å². The van der Waals surface area contributed by atoms with Crippen LogP contribution in [0.1, 0.15) is 38.3 Å². The predicted molar refractivity (Wildman–Crippen MR) is 75.8 cm³/mol. The molecule has 1 aliphatic heterocycles. The zero-order valence-corrected chi connectivity index (χ0v) is 12.0. The van der Waals surface area contributed by atoms with Crippen molar-refractivity contribution in [3.05, 3.63) is 35.4 Å². The van der Waals surface area contributed by atoms with Crippen LogP contribution in [0.3, 0.4) is 0 Å². The number of benzene rings is 1. The van der Waals surface area contributed by atoms with Gasteiger partial charge in [-0.25, -0.2) is 0 Å². The molecule has 0 fully saturated rings. The van der Waals surface area contributed by atoms with Crippen LogP contribution in [0.5, 0.6) is 0 Å². The van der Waals surface area contributed by atoms with Gasteiger partial charge in [0.2, 0.25) is 0 Å². The van der Waals surface area contributed by atoms with Crippen molar-refractivity contribution in [1.82, 2.24) is 5.32 Å². The molecule has 1 aromatic carbocycles. The molecule has 0 spiro atoms. The van der Waals surface area contributed by atoms with Crippen LogP contribution in [0.25, 0.3) is 0 Å². The predicted octanol–water partition coefficient (Wildman–Crippen LogP) is 2.68. The molecule has 3 heteroatoms. The van der Waals surface area contributed by atoms with E-state index >= 15 is 0 Å². The highest BCUT2D eigenvalue weighted by molar-refractivity contribution is 5.76. The van der Waals surface area contributed by atoms with Gasteiger partial charge in [-0.3, -0.25) is 4.79 Å². The fraction of sp³-hybridized carbons (Fsp3) is 0.562. The Morgan fingerprint density at radius 1 is 1.32 bits per heavy atom. The minimum Gasteiger partial charge on any atom is -0.464 e. The fourth-order valence-corrected chi connectivity index (χ4v) is 2.18. The van der Waals surface area contributed by atoms with Crippen LogP contribution in [0, 0.1) is 5.41 Å². The van der Waals surface area contributed by atoms with E-state index in [-0.39, 0.29) is 17.4 Å². The maximum absolute atomic E-state index is 12.0. The van der Waals surface area contributed by atoms with Gasteiger partial charge in [-0.1, -0.05) is 45.0 Å². The summed E-state index contributed by atoms with van der Waals surface area (Å²) in [6, 6.07) is 8.04. The molecule has 0 amide bonds. The number of esters is 1. The normalized spacial score (nSPS) is 18.8. The van der Waals surface area contributed by atoms with Crippen molar-refractivity contribution in [3.8, 4) is 0 Å². The topological polar surface area (TPSA) is 38.3 Å². The summed E-state index contributed by atoms with van der Waals surface area (Å²) < 4.78 is 5.37. The zero-order chi connectivity index (χ0) is 13.9. The molecule has 0 radical (unpaired) electrons. The standard InChI is InChI=1S/C16H23NO2/c1-16(2,3)8-9-19-15(18)14-10-12-6-4-5-7-13(12)11-17-14/h4-7,14,17H,8-11H2,1-3H3/t14-/m1/s1. The van der Waals surface area contributed by atoms with Gasteiger partial charge in [-0.2, -0.15) is 0 Å². The summed E-state index contributed by atoms with van der Waals surface area (Å²) in [7, 11) is 0. The molecule has 104 valence electrons. The first-order valence-electron chi connectivity index (χ1n) is 6.92. The molecular weight excluding hydrogens is 238 g/mol. The molecule has 1 N–H and O–H groups in total. The van der Waals surface area contributed by atoms with Crippen LogP contribution in [0.15, 0.2) is 24.3 Å². The average Bonchev–Trinajstić information content (AvgIpc) is 2.36. The summed E-state index contributed by atoms with van der Waals surface area (Å²) in [4.78, 5) is 12.0. The number of fused-ring (bicyclic) bond motifs is 1. The number of ether oxygens (including phenoxy) is 1. The van der Waals surface area contributed by atoms with Crippen molar-refractivity contribution < 1.29 is 9.53 Å². The van der Waals surface area contributed by atoms with E-state index in [1.165, 1.54) is 11.1 Å². The maximum atomic E-state index is 12.0. The number of hydrogen-bond donors (Lipinski definition) is 1. The zero-order valence-electron chi connectivity index (χ0n) is 12.0. The number of nitrogens with one attached hydrogen (secondary N) is 1. The molecular formula is C16H23NO2. The number of rotatable bonds is 3. The van der Waals surface area contributed by atoms with E-state index in [1.54, 1.807) is 0 Å². The van der Waals surface area contributed by atoms with Crippen LogP contribution in [-0.4, -0.2) is 18.6 Å². The Labute approximate surface area is 115 Å². The molecule has 0 aliphatic carbocycles. The van der Waals surface area contributed by atoms with Crippen molar-refractivity contribution in [1.29, 1.82) is 0 Å². The number of hydrogen-bond acceptors (Lipinski definition) is 3. The summed E-state index contributed by atoms with van der Waals surface area (Å²) in [6.07, 6.45) is 1.62. The minimum atomic E-state index is -0.199. The SMILES string of the molecule is CC(C)(C)CCOC(=O)[C@H]1Cc2ccccc2CN1. The first-order valence-corrected chi connectivity index (χ1v) is 6.92. The molecule has 19 heavy (non-hydrogen) atoms. The van der Waals surface area contributed by atoms with E-state index in [0.29, 0.717) is 6.61 Å². The Hall–Kier alpha value is -1.35. The lowest BCUT2D eigenvalue weighted by Gasteiger charge is -2.25. The van der Waals surface area contributed by atoms with Crippen molar-refractivity contribution >= 4 is 5.97 Å². The molecule has 0 unspecified atom stereocenters. The second-order valence-corrected chi connectivity index (χ2v) is 6.38. The quantitative estimate of drug-likeness (QED) is 0.850. The second kappa shape index (κ2) is 5.74. The van der Waals surface area contributed by atoms with Gasteiger partial charge in [-0.05, 0) is 29.4 Å². The lowest BCUT2D eigenvalue weighted by atomic mass is 9.93. The fourth-order valence-electron chi connectivity index (χ4n) is 2.18. The lowest BCUT2D eigenvalue weighted by Crippen LogP contribution is -2.43. The van der Waals surface area contributed by atoms with Gasteiger partial charge >= 0.3 is 5.97 Å². The Bertz CT molecular complexity index is 448.